The second-order valence-electron chi connectivity index (χ2n) is 0.940. The maximum absolute atomic E-state index is 8.38. The van der Waals surface area contributed by atoms with Crippen molar-refractivity contribution >= 4 is 24.8 Å². The van der Waals surface area contributed by atoms with Crippen molar-refractivity contribution < 1.29 is 9.69 Å². The van der Waals surface area contributed by atoms with Gasteiger partial charge in [-0.1, -0.05) is 17.9 Å². The van der Waals surface area contributed by atoms with Crippen LogP contribution in [0.25, 0.3) is 0 Å². The van der Waals surface area contributed by atoms with E-state index in [0.717, 1.165) is 6.08 Å². The smallest absolute Gasteiger partial charge is 0.231 e. The van der Waals surface area contributed by atoms with Gasteiger partial charge in [-0.2, -0.15) is 0 Å². The van der Waals surface area contributed by atoms with Gasteiger partial charge in [-0.15, -0.1) is 0 Å². The van der Waals surface area contributed by atoms with Gasteiger partial charge in [0.25, 0.3) is 0 Å². The first-order valence-corrected chi connectivity index (χ1v) is 4.74. The molecule has 0 aromatic rings. The van der Waals surface area contributed by atoms with E-state index in [-0.39, 0.29) is 0 Å². The fraction of sp³-hybridized carbons (Fsp3) is 0.250. The lowest BCUT2D eigenvalue weighted by molar-refractivity contribution is 0.563. The molecule has 52 valence electrons. The van der Waals surface area contributed by atoms with Crippen LogP contribution in [0.4, 0.5) is 0 Å². The summed E-state index contributed by atoms with van der Waals surface area (Å²) in [4.78, 5) is 16.7. The van der Waals surface area contributed by atoms with Crippen LogP contribution < -0.4 is 0 Å². The largest absolute Gasteiger partial charge is 0.364 e. The van der Waals surface area contributed by atoms with E-state index in [0.29, 0.717) is 0 Å². The van der Waals surface area contributed by atoms with Gasteiger partial charge in [-0.05, 0) is 12.7 Å². The van der Waals surface area contributed by atoms with Crippen molar-refractivity contribution in [2.75, 3.05) is 0 Å². The molecule has 1 unspecified atom stereocenters. The maximum Gasteiger partial charge on any atom is 0.231 e. The van der Waals surface area contributed by atoms with Gasteiger partial charge in [0.05, 0.1) is 6.92 Å². The van der Waals surface area contributed by atoms with Gasteiger partial charge in [-0.25, -0.2) is 10.2 Å². The molecule has 3 nitrogen and oxygen atoms in total. The minimum absolute atomic E-state index is 0.750. The lowest BCUT2D eigenvalue weighted by Crippen LogP contribution is -1.40. The Morgan fingerprint density at radius 3 is 2.22 bits per heavy atom. The van der Waals surface area contributed by atoms with Gasteiger partial charge in [0.15, 0.2) is 0 Å². The summed E-state index contributed by atoms with van der Waals surface area (Å²) in [5, 5.41) is 5.40. The zero-order valence-corrected chi connectivity index (χ0v) is 6.73. The van der Waals surface area contributed by atoms with Crippen LogP contribution in [0, 0.1) is 5.41 Å². The van der Waals surface area contributed by atoms with Crippen molar-refractivity contribution in [3.63, 3.8) is 0 Å². The van der Waals surface area contributed by atoms with Gasteiger partial charge in [0.1, 0.15) is 0 Å². The quantitative estimate of drug-likeness (QED) is 0.346. The van der Waals surface area contributed by atoms with Crippen LogP contribution in [0.3, 0.4) is 0 Å². The van der Waals surface area contributed by atoms with Crippen molar-refractivity contribution in [3.05, 3.63) is 11.9 Å². The minimum Gasteiger partial charge on any atom is -0.364 e. The molecular weight excluding hydrogens is 157 g/mol. The molecule has 0 rings (SSSR count). The summed E-state index contributed by atoms with van der Waals surface area (Å²) in [5.74, 6) is 1.64. The normalized spacial score (nSPS) is 11.3. The Morgan fingerprint density at radius 2 is 2.22 bits per heavy atom. The second-order valence-corrected chi connectivity index (χ2v) is 3.20. The van der Waals surface area contributed by atoms with E-state index in [4.69, 9.17) is 15.1 Å². The molecule has 2 N–H and O–H groups in total. The Kier molecular flexibility index (Phi) is 13.6. The van der Waals surface area contributed by atoms with E-state index in [1.54, 1.807) is 11.9 Å². The third-order valence-corrected chi connectivity index (χ3v) is 1.34. The predicted octanol–water partition coefficient (Wildman–Crippen LogP) is 1.00. The summed E-state index contributed by atoms with van der Waals surface area (Å²) in [6.07, 6.45) is 2.52. The summed E-state index contributed by atoms with van der Waals surface area (Å²) < 4.78 is 0. The van der Waals surface area contributed by atoms with Gasteiger partial charge >= 0.3 is 0 Å². The van der Waals surface area contributed by atoms with Crippen molar-refractivity contribution in [3.8, 4) is 0 Å². The van der Waals surface area contributed by atoms with E-state index >= 15 is 0 Å². The highest BCUT2D eigenvalue weighted by molar-refractivity contribution is 8.03. The van der Waals surface area contributed by atoms with Gasteiger partial charge in [-0.3, -0.25) is 0 Å². The Labute approximate surface area is 59.4 Å². The molecule has 0 aromatic heterocycles. The highest BCUT2D eigenvalue weighted by atomic mass is 32.4. The lowest BCUT2D eigenvalue weighted by atomic mass is 10.8. The molecule has 0 aliphatic carbocycles. The maximum atomic E-state index is 8.38. The van der Waals surface area contributed by atoms with E-state index in [1.165, 1.54) is 0 Å². The van der Waals surface area contributed by atoms with Crippen LogP contribution in [-0.2, 0) is 16.6 Å². The number of allylic oxidation sites excluding steroid dienone is 1. The highest BCUT2D eigenvalue weighted by Crippen LogP contribution is 2.13. The minimum atomic E-state index is -1.48. The average molecular weight is 165 g/mol. The van der Waals surface area contributed by atoms with Crippen molar-refractivity contribution in [1.29, 1.82) is 5.41 Å². The van der Waals surface area contributed by atoms with Crippen molar-refractivity contribution in [1.82, 2.24) is 0 Å². The molecule has 0 spiro atoms. The second kappa shape index (κ2) is 10.7. The van der Waals surface area contributed by atoms with Gasteiger partial charge < -0.3 is 4.89 Å². The fourth-order valence-corrected chi connectivity index (χ4v) is 0.836. The molecule has 0 saturated heterocycles. The topological polar surface area (TPSA) is 61.1 Å². The van der Waals surface area contributed by atoms with E-state index in [1.807, 2.05) is 6.92 Å². The van der Waals surface area contributed by atoms with Crippen LogP contribution in [0.15, 0.2) is 11.9 Å². The molecule has 0 aliphatic rings. The molecule has 0 amide bonds. The van der Waals surface area contributed by atoms with Crippen molar-refractivity contribution in [2.45, 2.75) is 6.92 Å². The number of hydrogen-bond acceptors (Lipinski definition) is 3. The Morgan fingerprint density at radius 1 is 1.89 bits per heavy atom. The lowest BCUT2D eigenvalue weighted by Gasteiger charge is -1.75. The summed E-state index contributed by atoms with van der Waals surface area (Å²) in [6, 6.07) is 0. The zero-order chi connectivity index (χ0) is 7.70. The molecular formula is C4H8NO2PS. The summed E-state index contributed by atoms with van der Waals surface area (Å²) in [5.41, 5.74) is 0. The Balaban J connectivity index is 0. The Bertz CT molecular complexity index is 140. The summed E-state index contributed by atoms with van der Waals surface area (Å²) >= 11 is 4.45. The number of isocyanates is 1. The van der Waals surface area contributed by atoms with Crippen LogP contribution in [0.1, 0.15) is 6.92 Å². The van der Waals surface area contributed by atoms with Crippen LogP contribution in [0.5, 0.6) is 0 Å². The third-order valence-electron chi connectivity index (χ3n) is 0.309. The molecule has 0 saturated carbocycles. The number of rotatable bonds is 1. The molecule has 0 radical (unpaired) electrons. The zero-order valence-electron chi connectivity index (χ0n) is 4.92. The monoisotopic (exact) mass is 165 g/mol. The predicted molar refractivity (Wildman–Crippen MR) is 41.1 cm³/mol. The fourth-order valence-electron chi connectivity index (χ4n) is 0.143. The number of hydrogen-bond donors (Lipinski definition) is 2. The molecule has 0 aromatic carbocycles. The van der Waals surface area contributed by atoms with Crippen LogP contribution in [0.2, 0.25) is 0 Å². The van der Waals surface area contributed by atoms with Gasteiger partial charge in [0.2, 0.25) is 6.08 Å². The first-order chi connectivity index (χ1) is 4.18. The number of carbonyl (C=O) groups excluding carboxylic acids is 1. The number of nitrogens with one attached hydrogen (secondary N) is 1. The molecule has 0 aliphatic heterocycles. The van der Waals surface area contributed by atoms with Crippen LogP contribution in [-0.4, -0.2) is 11.0 Å². The van der Waals surface area contributed by atoms with E-state index in [2.05, 4.69) is 11.8 Å². The standard InChI is InChI=1S/C3H7OPS.CHNO/c1-2-3-5(4)6;2-1-3/h2-3,5H,1H3,(H,4,6);2H. The molecule has 9 heavy (non-hydrogen) atoms. The Hall–Kier alpha value is -0.270. The van der Waals surface area contributed by atoms with E-state index < -0.39 is 6.92 Å². The van der Waals surface area contributed by atoms with Crippen LogP contribution >= 0.6 is 6.92 Å². The first kappa shape index (κ1) is 11.5. The summed E-state index contributed by atoms with van der Waals surface area (Å²) in [6.45, 7) is 0.358. The molecule has 0 heterocycles. The highest BCUT2D eigenvalue weighted by Gasteiger charge is 1.66. The molecule has 0 bridgehead atoms. The SMILES string of the molecule is CC=C[PH](O)=S.N=C=O. The third kappa shape index (κ3) is 34.1. The van der Waals surface area contributed by atoms with E-state index in [9.17, 15) is 0 Å². The summed E-state index contributed by atoms with van der Waals surface area (Å²) in [7, 11) is 0. The molecule has 1 atom stereocenters. The van der Waals surface area contributed by atoms with Gasteiger partial charge in [0, 0.05) is 0 Å². The molecule has 5 heteroatoms. The molecule has 0 fully saturated rings. The van der Waals surface area contributed by atoms with Crippen molar-refractivity contribution in [2.24, 2.45) is 0 Å². The first-order valence-electron chi connectivity index (χ1n) is 2.08. The average Bonchev–Trinajstić information content (AvgIpc) is 1.67.